The number of hydrogen-bond acceptors (Lipinski definition) is 9. The molecule has 7 rings (SSSR count). The maximum Gasteiger partial charge on any atom is 0.303 e. The second kappa shape index (κ2) is 7.18. The zero-order valence-electron chi connectivity index (χ0n) is 21.4. The minimum absolute atomic E-state index is 0.0430. The fourth-order valence-corrected chi connectivity index (χ4v) is 11.3. The number of piperidine rings is 1. The lowest BCUT2D eigenvalue weighted by Gasteiger charge is -2.70. The van der Waals surface area contributed by atoms with Gasteiger partial charge in [0, 0.05) is 59.0 Å². The fourth-order valence-electron chi connectivity index (χ4n) is 11.3. The standard InChI is InChI=1S/C26H39NO8/c1-6-27-11-14-7-8-17(31-4)25-18(14)21(35-13(2)28)26(22(25)27)24(33-12-34-26)10-16(30-3)15-9-23(25,29)20(24)19(15)32-5/h14-22,29H,6-12H2,1-5H3. The van der Waals surface area contributed by atoms with Gasteiger partial charge in [-0.25, -0.2) is 0 Å². The van der Waals surface area contributed by atoms with E-state index in [1.54, 1.807) is 21.3 Å². The number of carbonyl (C=O) groups excluding carboxylic acids is 1. The van der Waals surface area contributed by atoms with Crippen molar-refractivity contribution in [3.05, 3.63) is 0 Å². The molecule has 0 radical (unpaired) electrons. The van der Waals surface area contributed by atoms with Crippen LogP contribution in [0.4, 0.5) is 0 Å². The molecular formula is C26H39NO8. The maximum atomic E-state index is 13.3. The summed E-state index contributed by atoms with van der Waals surface area (Å²) in [7, 11) is 5.22. The summed E-state index contributed by atoms with van der Waals surface area (Å²) in [6.45, 7) is 5.46. The zero-order valence-corrected chi connectivity index (χ0v) is 21.4. The average molecular weight is 494 g/mol. The fraction of sp³-hybridized carbons (Fsp3) is 0.962. The van der Waals surface area contributed by atoms with Crippen LogP contribution < -0.4 is 0 Å². The number of rotatable bonds is 5. The summed E-state index contributed by atoms with van der Waals surface area (Å²) < 4.78 is 38.5. The molecular weight excluding hydrogens is 454 g/mol. The van der Waals surface area contributed by atoms with Gasteiger partial charge in [0.25, 0.3) is 0 Å². The van der Waals surface area contributed by atoms with E-state index in [0.717, 1.165) is 25.9 Å². The van der Waals surface area contributed by atoms with Crippen molar-refractivity contribution in [2.45, 2.75) is 86.8 Å². The van der Waals surface area contributed by atoms with Gasteiger partial charge in [0.1, 0.15) is 18.5 Å². The Morgan fingerprint density at radius 3 is 2.57 bits per heavy atom. The molecule has 2 saturated heterocycles. The third kappa shape index (κ3) is 2.16. The lowest BCUT2D eigenvalue weighted by molar-refractivity contribution is -0.324. The molecule has 9 nitrogen and oxygen atoms in total. The normalized spacial score (nSPS) is 59.4. The molecule has 7 fully saturated rings. The predicted octanol–water partition coefficient (Wildman–Crippen LogP) is 0.960. The van der Waals surface area contributed by atoms with Crippen LogP contribution in [0.15, 0.2) is 0 Å². The van der Waals surface area contributed by atoms with Gasteiger partial charge in [-0.15, -0.1) is 0 Å². The van der Waals surface area contributed by atoms with Crippen LogP contribution >= 0.6 is 0 Å². The molecule has 2 heterocycles. The van der Waals surface area contributed by atoms with E-state index in [0.29, 0.717) is 12.8 Å². The van der Waals surface area contributed by atoms with Gasteiger partial charge >= 0.3 is 5.97 Å². The molecule has 5 aliphatic carbocycles. The summed E-state index contributed by atoms with van der Waals surface area (Å²) in [6.07, 6.45) is 1.84. The molecule has 2 aliphatic heterocycles. The Morgan fingerprint density at radius 2 is 1.91 bits per heavy atom. The van der Waals surface area contributed by atoms with E-state index in [2.05, 4.69) is 11.8 Å². The Kier molecular flexibility index (Phi) is 4.79. The largest absolute Gasteiger partial charge is 0.459 e. The first kappa shape index (κ1) is 23.3. The van der Waals surface area contributed by atoms with E-state index in [1.807, 2.05) is 0 Å². The topological polar surface area (TPSA) is 95.9 Å². The van der Waals surface area contributed by atoms with Crippen LogP contribution in [0.2, 0.25) is 0 Å². The van der Waals surface area contributed by atoms with Crippen molar-refractivity contribution in [1.29, 1.82) is 0 Å². The molecule has 13 unspecified atom stereocenters. The first-order chi connectivity index (χ1) is 16.8. The molecule has 0 aromatic rings. The second-order valence-electron chi connectivity index (χ2n) is 12.1. The molecule has 3 spiro atoms. The number of carbonyl (C=O) groups is 1. The highest BCUT2D eigenvalue weighted by Crippen LogP contribution is 2.82. The average Bonchev–Trinajstić information content (AvgIpc) is 3.38. The van der Waals surface area contributed by atoms with Crippen molar-refractivity contribution in [2.75, 3.05) is 41.2 Å². The molecule has 7 bridgehead atoms. The van der Waals surface area contributed by atoms with Crippen molar-refractivity contribution in [1.82, 2.24) is 4.90 Å². The van der Waals surface area contributed by atoms with Gasteiger partial charge in [-0.2, -0.15) is 0 Å². The minimum atomic E-state index is -1.14. The summed E-state index contributed by atoms with van der Waals surface area (Å²) >= 11 is 0. The summed E-state index contributed by atoms with van der Waals surface area (Å²) in [5.41, 5.74) is -3.64. The first-order valence-corrected chi connectivity index (χ1v) is 13.3. The molecule has 0 amide bonds. The molecule has 196 valence electrons. The number of likely N-dealkylation sites (tertiary alicyclic amines) is 1. The predicted molar refractivity (Wildman–Crippen MR) is 121 cm³/mol. The van der Waals surface area contributed by atoms with E-state index in [-0.39, 0.29) is 60.8 Å². The quantitative estimate of drug-likeness (QED) is 0.562. The second-order valence-corrected chi connectivity index (χ2v) is 12.1. The lowest BCUT2D eigenvalue weighted by Crippen LogP contribution is -2.85. The molecule has 0 aromatic heterocycles. The van der Waals surface area contributed by atoms with Crippen molar-refractivity contribution in [3.63, 3.8) is 0 Å². The smallest absolute Gasteiger partial charge is 0.303 e. The Hall–Kier alpha value is -0.810. The molecule has 13 atom stereocenters. The van der Waals surface area contributed by atoms with Gasteiger partial charge in [0.15, 0.2) is 5.60 Å². The molecule has 1 N–H and O–H groups in total. The number of methoxy groups -OCH3 is 3. The highest BCUT2D eigenvalue weighted by atomic mass is 16.7. The van der Waals surface area contributed by atoms with Gasteiger partial charge in [-0.3, -0.25) is 9.69 Å². The highest BCUT2D eigenvalue weighted by molar-refractivity contribution is 5.67. The van der Waals surface area contributed by atoms with Gasteiger partial charge in [-0.1, -0.05) is 6.92 Å². The molecule has 7 aliphatic rings. The Bertz CT molecular complexity index is 933. The third-order valence-corrected chi connectivity index (χ3v) is 11.7. The van der Waals surface area contributed by atoms with Crippen LogP contribution in [0.5, 0.6) is 0 Å². The number of fused-ring (bicyclic) bond motifs is 1. The van der Waals surface area contributed by atoms with Crippen molar-refractivity contribution in [2.24, 2.45) is 29.1 Å². The molecule has 35 heavy (non-hydrogen) atoms. The summed E-state index contributed by atoms with van der Waals surface area (Å²) in [4.78, 5) is 15.2. The Balaban J connectivity index is 1.59. The van der Waals surface area contributed by atoms with Crippen LogP contribution in [0, 0.1) is 29.1 Å². The number of aliphatic hydroxyl groups is 1. The van der Waals surface area contributed by atoms with Gasteiger partial charge < -0.3 is 33.5 Å². The van der Waals surface area contributed by atoms with E-state index < -0.39 is 28.3 Å². The van der Waals surface area contributed by atoms with Crippen molar-refractivity contribution >= 4 is 5.97 Å². The molecule has 5 saturated carbocycles. The zero-order chi connectivity index (χ0) is 24.5. The van der Waals surface area contributed by atoms with Crippen LogP contribution in [-0.4, -0.2) is 104 Å². The molecule has 9 heteroatoms. The van der Waals surface area contributed by atoms with Crippen molar-refractivity contribution in [3.8, 4) is 0 Å². The number of nitrogens with zero attached hydrogens (tertiary/aromatic N) is 1. The summed E-state index contributed by atoms with van der Waals surface area (Å²) in [5.74, 6) is -0.418. The van der Waals surface area contributed by atoms with Crippen LogP contribution in [0.3, 0.4) is 0 Å². The SMILES string of the molecule is CCN1CC2CCC(OC)C34C2C(OC(C)=O)C2(OCOC25CC(OC)C2CC3(O)C5C2OC)C14. The minimum Gasteiger partial charge on any atom is -0.459 e. The number of likely N-dealkylation sites (N-methyl/N-ethyl adjacent to an activating group) is 1. The van der Waals surface area contributed by atoms with Crippen LogP contribution in [0.25, 0.3) is 0 Å². The number of ether oxygens (including phenoxy) is 6. The number of esters is 1. The molecule has 0 aromatic carbocycles. The van der Waals surface area contributed by atoms with Gasteiger partial charge in [0.2, 0.25) is 0 Å². The monoisotopic (exact) mass is 493 g/mol. The van der Waals surface area contributed by atoms with E-state index in [4.69, 9.17) is 28.4 Å². The van der Waals surface area contributed by atoms with Gasteiger partial charge in [-0.05, 0) is 31.7 Å². The highest BCUT2D eigenvalue weighted by Gasteiger charge is 2.96. The number of hydrogen-bond donors (Lipinski definition) is 1. The first-order valence-electron chi connectivity index (χ1n) is 13.3. The van der Waals surface area contributed by atoms with Crippen LogP contribution in [0.1, 0.15) is 39.5 Å². The Morgan fingerprint density at radius 1 is 1.11 bits per heavy atom. The van der Waals surface area contributed by atoms with E-state index in [9.17, 15) is 9.90 Å². The van der Waals surface area contributed by atoms with Crippen LogP contribution in [-0.2, 0) is 33.2 Å². The lowest BCUT2D eigenvalue weighted by atomic mass is 9.43. The third-order valence-electron chi connectivity index (χ3n) is 11.7. The van der Waals surface area contributed by atoms with E-state index >= 15 is 0 Å². The van der Waals surface area contributed by atoms with Gasteiger partial charge in [0.05, 0.1) is 35.4 Å². The maximum absolute atomic E-state index is 13.3. The Labute approximate surface area is 206 Å². The van der Waals surface area contributed by atoms with Crippen molar-refractivity contribution < 1.29 is 38.3 Å². The van der Waals surface area contributed by atoms with E-state index in [1.165, 1.54) is 6.92 Å². The summed E-state index contributed by atoms with van der Waals surface area (Å²) in [6, 6.07) is -0.202. The summed E-state index contributed by atoms with van der Waals surface area (Å²) in [5, 5.41) is 13.3.